The molecule has 0 aliphatic heterocycles. The highest BCUT2D eigenvalue weighted by Gasteiger charge is 2.17. The van der Waals surface area contributed by atoms with Crippen molar-refractivity contribution in [3.8, 4) is 12.3 Å². The Kier molecular flexibility index (Phi) is 3.61. The summed E-state index contributed by atoms with van der Waals surface area (Å²) in [6, 6.07) is 3.30. The van der Waals surface area contributed by atoms with Crippen LogP contribution in [-0.4, -0.2) is 7.05 Å². The van der Waals surface area contributed by atoms with Crippen LogP contribution < -0.4 is 5.32 Å². The van der Waals surface area contributed by atoms with Crippen LogP contribution in [0.2, 0.25) is 0 Å². The van der Waals surface area contributed by atoms with Gasteiger partial charge in [0.25, 0.3) is 0 Å². The van der Waals surface area contributed by atoms with E-state index in [1.54, 1.807) is 7.05 Å². The van der Waals surface area contributed by atoms with Crippen LogP contribution in [0, 0.1) is 24.0 Å². The summed E-state index contributed by atoms with van der Waals surface area (Å²) in [5.41, 5.74) is 0.00736. The highest BCUT2D eigenvalue weighted by Crippen LogP contribution is 2.22. The van der Waals surface area contributed by atoms with Crippen LogP contribution in [0.15, 0.2) is 18.2 Å². The Bertz CT molecular complexity index is 335. The lowest BCUT2D eigenvalue weighted by atomic mass is 10.0. The fraction of sp³-hybridized carbons (Fsp3) is 0.273. The van der Waals surface area contributed by atoms with Gasteiger partial charge in [0.2, 0.25) is 0 Å². The van der Waals surface area contributed by atoms with Crippen molar-refractivity contribution < 1.29 is 8.78 Å². The zero-order chi connectivity index (χ0) is 10.6. The molecule has 1 rings (SSSR count). The molecule has 1 nitrogen and oxygen atoms in total. The average Bonchev–Trinajstić information content (AvgIpc) is 2.16. The Morgan fingerprint density at radius 2 is 2.00 bits per heavy atom. The first-order chi connectivity index (χ1) is 6.70. The van der Waals surface area contributed by atoms with Gasteiger partial charge in [0.15, 0.2) is 0 Å². The molecule has 1 atom stereocenters. The van der Waals surface area contributed by atoms with Gasteiger partial charge in [-0.25, -0.2) is 8.78 Å². The summed E-state index contributed by atoms with van der Waals surface area (Å²) in [5, 5.41) is 2.78. The summed E-state index contributed by atoms with van der Waals surface area (Å²) in [6.07, 6.45) is 5.37. The maximum Gasteiger partial charge on any atom is 0.130 e. The maximum atomic E-state index is 13.3. The third-order valence-corrected chi connectivity index (χ3v) is 2.02. The van der Waals surface area contributed by atoms with E-state index in [-0.39, 0.29) is 12.0 Å². The smallest absolute Gasteiger partial charge is 0.130 e. The number of benzene rings is 1. The number of halogens is 2. The van der Waals surface area contributed by atoms with E-state index in [4.69, 9.17) is 6.42 Å². The third-order valence-electron chi connectivity index (χ3n) is 2.02. The molecule has 74 valence electrons. The first kappa shape index (κ1) is 10.7. The molecule has 1 aromatic rings. The Labute approximate surface area is 82.1 Å². The van der Waals surface area contributed by atoms with Crippen molar-refractivity contribution >= 4 is 0 Å². The summed E-state index contributed by atoms with van der Waals surface area (Å²) >= 11 is 0. The summed E-state index contributed by atoms with van der Waals surface area (Å²) in [6.45, 7) is 0. The van der Waals surface area contributed by atoms with Crippen molar-refractivity contribution in [2.45, 2.75) is 12.5 Å². The van der Waals surface area contributed by atoms with Crippen molar-refractivity contribution in [1.82, 2.24) is 5.32 Å². The van der Waals surface area contributed by atoms with Crippen LogP contribution in [0.4, 0.5) is 8.78 Å². The number of hydrogen-bond donors (Lipinski definition) is 1. The first-order valence-corrected chi connectivity index (χ1v) is 4.25. The molecule has 0 saturated heterocycles. The molecule has 0 spiro atoms. The van der Waals surface area contributed by atoms with E-state index in [0.717, 1.165) is 0 Å². The Morgan fingerprint density at radius 1 is 1.43 bits per heavy atom. The van der Waals surface area contributed by atoms with Crippen LogP contribution in [0.5, 0.6) is 0 Å². The van der Waals surface area contributed by atoms with Gasteiger partial charge in [-0.05, 0) is 19.2 Å². The average molecular weight is 195 g/mol. The molecule has 0 fully saturated rings. The lowest BCUT2D eigenvalue weighted by Gasteiger charge is -2.15. The lowest BCUT2D eigenvalue weighted by molar-refractivity contribution is 0.496. The summed E-state index contributed by atoms with van der Waals surface area (Å²) in [5.74, 6) is 1.24. The Balaban J connectivity index is 3.09. The van der Waals surface area contributed by atoms with E-state index in [1.807, 2.05) is 0 Å². The second-order valence-corrected chi connectivity index (χ2v) is 2.88. The standard InChI is InChI=1S/C11H11F2N/c1-3-5-10(14-2)11-8(12)6-4-7-9(11)13/h1,4,6-7,10,14H,5H2,2H3. The number of rotatable bonds is 3. The molecule has 14 heavy (non-hydrogen) atoms. The van der Waals surface area contributed by atoms with Crippen molar-refractivity contribution in [3.05, 3.63) is 35.4 Å². The lowest BCUT2D eigenvalue weighted by Crippen LogP contribution is -2.18. The van der Waals surface area contributed by atoms with Gasteiger partial charge in [-0.15, -0.1) is 12.3 Å². The van der Waals surface area contributed by atoms with E-state index in [0.29, 0.717) is 0 Å². The molecule has 0 amide bonds. The monoisotopic (exact) mass is 195 g/mol. The molecular formula is C11H11F2N. The van der Waals surface area contributed by atoms with Gasteiger partial charge >= 0.3 is 0 Å². The molecule has 1 unspecified atom stereocenters. The molecule has 0 heterocycles. The normalized spacial score (nSPS) is 12.1. The third kappa shape index (κ3) is 2.09. The van der Waals surface area contributed by atoms with E-state index in [1.165, 1.54) is 18.2 Å². The van der Waals surface area contributed by atoms with Crippen molar-refractivity contribution in [3.63, 3.8) is 0 Å². The van der Waals surface area contributed by atoms with Gasteiger partial charge in [0.1, 0.15) is 11.6 Å². The molecule has 3 heteroatoms. The number of terminal acetylenes is 1. The first-order valence-electron chi connectivity index (χ1n) is 4.25. The molecule has 1 aromatic carbocycles. The molecule has 0 aliphatic rings. The minimum atomic E-state index is -0.570. The van der Waals surface area contributed by atoms with Gasteiger partial charge in [-0.2, -0.15) is 0 Å². The van der Waals surface area contributed by atoms with Crippen LogP contribution in [0.3, 0.4) is 0 Å². The largest absolute Gasteiger partial charge is 0.312 e. The van der Waals surface area contributed by atoms with E-state index < -0.39 is 17.7 Å². The van der Waals surface area contributed by atoms with Crippen molar-refractivity contribution in [2.24, 2.45) is 0 Å². The number of hydrogen-bond acceptors (Lipinski definition) is 1. The Morgan fingerprint density at radius 3 is 2.43 bits per heavy atom. The van der Waals surface area contributed by atoms with Gasteiger partial charge in [-0.1, -0.05) is 6.07 Å². The molecule has 0 radical (unpaired) electrons. The second kappa shape index (κ2) is 4.73. The summed E-state index contributed by atoms with van der Waals surface area (Å²) < 4.78 is 26.5. The SMILES string of the molecule is C#CCC(NC)c1c(F)cccc1F. The van der Waals surface area contributed by atoms with Crippen LogP contribution >= 0.6 is 0 Å². The fourth-order valence-electron chi connectivity index (χ4n) is 1.31. The van der Waals surface area contributed by atoms with Crippen molar-refractivity contribution in [2.75, 3.05) is 7.05 Å². The van der Waals surface area contributed by atoms with E-state index >= 15 is 0 Å². The second-order valence-electron chi connectivity index (χ2n) is 2.88. The molecule has 0 saturated carbocycles. The highest BCUT2D eigenvalue weighted by atomic mass is 19.1. The maximum absolute atomic E-state index is 13.3. The highest BCUT2D eigenvalue weighted by molar-refractivity contribution is 5.24. The van der Waals surface area contributed by atoms with Gasteiger partial charge < -0.3 is 5.32 Å². The van der Waals surface area contributed by atoms with Gasteiger partial charge in [0, 0.05) is 18.0 Å². The van der Waals surface area contributed by atoms with Crippen molar-refractivity contribution in [1.29, 1.82) is 0 Å². The molecular weight excluding hydrogens is 184 g/mol. The van der Waals surface area contributed by atoms with Gasteiger partial charge in [-0.3, -0.25) is 0 Å². The van der Waals surface area contributed by atoms with Crippen LogP contribution in [0.25, 0.3) is 0 Å². The topological polar surface area (TPSA) is 12.0 Å². The zero-order valence-electron chi connectivity index (χ0n) is 7.85. The summed E-state index contributed by atoms with van der Waals surface area (Å²) in [4.78, 5) is 0. The molecule has 1 N–H and O–H groups in total. The summed E-state index contributed by atoms with van der Waals surface area (Å²) in [7, 11) is 1.62. The van der Waals surface area contributed by atoms with Crippen LogP contribution in [-0.2, 0) is 0 Å². The predicted octanol–water partition coefficient (Wildman–Crippen LogP) is 2.25. The van der Waals surface area contributed by atoms with Gasteiger partial charge in [0.05, 0.1) is 0 Å². The Hall–Kier alpha value is -1.40. The molecule has 0 bridgehead atoms. The predicted molar refractivity (Wildman–Crippen MR) is 51.6 cm³/mol. The minimum absolute atomic E-state index is 0.00736. The molecule has 0 aliphatic carbocycles. The quantitative estimate of drug-likeness (QED) is 0.729. The van der Waals surface area contributed by atoms with E-state index in [9.17, 15) is 8.78 Å². The molecule has 0 aromatic heterocycles. The van der Waals surface area contributed by atoms with Crippen LogP contribution in [0.1, 0.15) is 18.0 Å². The number of nitrogens with one attached hydrogen (secondary N) is 1. The van der Waals surface area contributed by atoms with E-state index in [2.05, 4.69) is 11.2 Å². The fourth-order valence-corrected chi connectivity index (χ4v) is 1.31. The minimum Gasteiger partial charge on any atom is -0.312 e. The zero-order valence-corrected chi connectivity index (χ0v) is 7.85.